The van der Waals surface area contributed by atoms with Gasteiger partial charge in [0.15, 0.2) is 0 Å². The summed E-state index contributed by atoms with van der Waals surface area (Å²) in [4.78, 5) is 11.6. The minimum Gasteiger partial charge on any atom is -0.465 e. The van der Waals surface area contributed by atoms with Gasteiger partial charge in [0.1, 0.15) is 0 Å². The van der Waals surface area contributed by atoms with Crippen LogP contribution in [0.1, 0.15) is 28.8 Å². The van der Waals surface area contributed by atoms with Gasteiger partial charge < -0.3 is 10.5 Å². The fourth-order valence-electron chi connectivity index (χ4n) is 2.23. The van der Waals surface area contributed by atoms with Gasteiger partial charge in [-0.2, -0.15) is 0 Å². The summed E-state index contributed by atoms with van der Waals surface area (Å²) in [5, 5.41) is 0. The Morgan fingerprint density at radius 2 is 2.14 bits per heavy atom. The molecule has 1 aliphatic carbocycles. The number of aryl methyl sites for hydroxylation is 1. The molecule has 0 aliphatic heterocycles. The van der Waals surface area contributed by atoms with E-state index in [1.54, 1.807) is 19.1 Å². The van der Waals surface area contributed by atoms with Gasteiger partial charge in [0, 0.05) is 12.6 Å². The number of esters is 1. The van der Waals surface area contributed by atoms with Crippen LogP contribution in [0.15, 0.2) is 23.1 Å². The zero-order valence-corrected chi connectivity index (χ0v) is 12.9. The molecule has 0 radical (unpaired) electrons. The van der Waals surface area contributed by atoms with Gasteiger partial charge in [0.25, 0.3) is 0 Å². The van der Waals surface area contributed by atoms with Crippen molar-refractivity contribution in [2.75, 3.05) is 13.7 Å². The first-order valence-electron chi connectivity index (χ1n) is 6.80. The lowest BCUT2D eigenvalue weighted by Crippen LogP contribution is -2.41. The molecule has 0 saturated heterocycles. The zero-order chi connectivity index (χ0) is 15.6. The fourth-order valence-corrected chi connectivity index (χ4v) is 3.82. The molecule has 0 aromatic heterocycles. The predicted molar refractivity (Wildman–Crippen MR) is 78.4 cm³/mol. The molecule has 116 valence electrons. The second-order valence-electron chi connectivity index (χ2n) is 5.27. The Balaban J connectivity index is 2.32. The quantitative estimate of drug-likeness (QED) is 0.757. The lowest BCUT2D eigenvalue weighted by Gasteiger charge is -2.17. The number of nitrogens with two attached hydrogens (primary N) is 1. The van der Waals surface area contributed by atoms with Crippen molar-refractivity contribution in [3.05, 3.63) is 29.3 Å². The largest absolute Gasteiger partial charge is 0.465 e. The van der Waals surface area contributed by atoms with Crippen molar-refractivity contribution in [2.24, 2.45) is 11.7 Å². The van der Waals surface area contributed by atoms with Crippen molar-refractivity contribution in [3.63, 3.8) is 0 Å². The lowest BCUT2D eigenvalue weighted by molar-refractivity contribution is 0.0600. The molecule has 1 aliphatic rings. The molecule has 1 saturated carbocycles. The third-order valence-corrected chi connectivity index (χ3v) is 5.28. The van der Waals surface area contributed by atoms with E-state index < -0.39 is 16.0 Å². The van der Waals surface area contributed by atoms with Crippen LogP contribution < -0.4 is 10.5 Å². The monoisotopic (exact) mass is 312 g/mol. The molecule has 1 aromatic carbocycles. The fraction of sp³-hybridized carbons (Fsp3) is 0.500. The number of benzene rings is 1. The summed E-state index contributed by atoms with van der Waals surface area (Å²) in [6.07, 6.45) is 1.98. The average molecular weight is 312 g/mol. The number of methoxy groups -OCH3 is 1. The molecule has 7 heteroatoms. The van der Waals surface area contributed by atoms with E-state index in [0.29, 0.717) is 11.5 Å². The maximum absolute atomic E-state index is 12.5. The van der Waals surface area contributed by atoms with E-state index in [-0.39, 0.29) is 23.0 Å². The first kappa shape index (κ1) is 15.9. The number of rotatable bonds is 6. The van der Waals surface area contributed by atoms with Crippen LogP contribution in [0.3, 0.4) is 0 Å². The third kappa shape index (κ3) is 3.61. The zero-order valence-electron chi connectivity index (χ0n) is 12.1. The van der Waals surface area contributed by atoms with Crippen LogP contribution in [0.4, 0.5) is 0 Å². The number of ether oxygens (including phenoxy) is 1. The van der Waals surface area contributed by atoms with Crippen LogP contribution in [0.2, 0.25) is 0 Å². The Morgan fingerprint density at radius 1 is 1.48 bits per heavy atom. The highest BCUT2D eigenvalue weighted by Crippen LogP contribution is 2.33. The standard InChI is InChI=1S/C14H20N2O4S/c1-9-3-4-11(14(17)20-2)7-13(9)21(18,19)16-12(8-15)10-5-6-10/h3-4,7,10,12,16H,5-6,8,15H2,1-2H3. The summed E-state index contributed by atoms with van der Waals surface area (Å²) in [5.74, 6) is -0.252. The van der Waals surface area contributed by atoms with Crippen LogP contribution >= 0.6 is 0 Å². The second-order valence-corrected chi connectivity index (χ2v) is 6.96. The molecule has 0 spiro atoms. The van der Waals surface area contributed by atoms with Crippen LogP contribution in [0.25, 0.3) is 0 Å². The molecule has 3 N–H and O–H groups in total. The number of sulfonamides is 1. The van der Waals surface area contributed by atoms with Crippen LogP contribution in [0, 0.1) is 12.8 Å². The topological polar surface area (TPSA) is 98.5 Å². The smallest absolute Gasteiger partial charge is 0.337 e. The molecule has 1 atom stereocenters. The molecule has 1 fully saturated rings. The Labute approximate surface area is 124 Å². The third-order valence-electron chi connectivity index (χ3n) is 3.65. The molecule has 0 amide bonds. The van der Waals surface area contributed by atoms with E-state index in [9.17, 15) is 13.2 Å². The minimum absolute atomic E-state index is 0.0875. The van der Waals surface area contributed by atoms with E-state index >= 15 is 0 Å². The number of nitrogens with one attached hydrogen (secondary N) is 1. The van der Waals surface area contributed by atoms with Gasteiger partial charge in [-0.05, 0) is 43.4 Å². The highest BCUT2D eigenvalue weighted by Gasteiger charge is 2.34. The van der Waals surface area contributed by atoms with Crippen molar-refractivity contribution in [1.29, 1.82) is 0 Å². The highest BCUT2D eigenvalue weighted by atomic mass is 32.2. The molecule has 0 bridgehead atoms. The minimum atomic E-state index is -3.71. The first-order valence-corrected chi connectivity index (χ1v) is 8.28. The van der Waals surface area contributed by atoms with Gasteiger partial charge in [-0.1, -0.05) is 6.07 Å². The number of carbonyl (C=O) groups excluding carboxylic acids is 1. The molecule has 1 aromatic rings. The number of hydrogen-bond acceptors (Lipinski definition) is 5. The summed E-state index contributed by atoms with van der Waals surface area (Å²) < 4.78 is 32.3. The molecule has 6 nitrogen and oxygen atoms in total. The summed E-state index contributed by atoms with van der Waals surface area (Å²) in [7, 11) is -2.45. The van der Waals surface area contributed by atoms with E-state index in [0.717, 1.165) is 12.8 Å². The Kier molecular flexibility index (Phi) is 4.65. The van der Waals surface area contributed by atoms with Crippen LogP contribution in [0.5, 0.6) is 0 Å². The van der Waals surface area contributed by atoms with E-state index in [1.807, 2.05) is 0 Å². The second kappa shape index (κ2) is 6.13. The Hall–Kier alpha value is -1.44. The van der Waals surface area contributed by atoms with Gasteiger partial charge in [0.05, 0.1) is 17.6 Å². The molecular formula is C14H20N2O4S. The highest BCUT2D eigenvalue weighted by molar-refractivity contribution is 7.89. The molecular weight excluding hydrogens is 292 g/mol. The molecule has 1 unspecified atom stereocenters. The van der Waals surface area contributed by atoms with Crippen molar-refractivity contribution >= 4 is 16.0 Å². The van der Waals surface area contributed by atoms with Crippen molar-refractivity contribution in [2.45, 2.75) is 30.7 Å². The van der Waals surface area contributed by atoms with E-state index in [4.69, 9.17) is 5.73 Å². The van der Waals surface area contributed by atoms with Crippen LogP contribution in [-0.2, 0) is 14.8 Å². The molecule has 21 heavy (non-hydrogen) atoms. The normalized spacial score (nSPS) is 16.5. The Bertz CT molecular complexity index is 638. The summed E-state index contributed by atoms with van der Waals surface area (Å²) in [5.41, 5.74) is 6.41. The van der Waals surface area contributed by atoms with Crippen molar-refractivity contribution < 1.29 is 17.9 Å². The number of carbonyl (C=O) groups is 1. The summed E-state index contributed by atoms with van der Waals surface area (Å²) in [6, 6.07) is 4.22. The van der Waals surface area contributed by atoms with Crippen molar-refractivity contribution in [1.82, 2.24) is 4.72 Å². The van der Waals surface area contributed by atoms with Gasteiger partial charge >= 0.3 is 5.97 Å². The van der Waals surface area contributed by atoms with Gasteiger partial charge in [-0.25, -0.2) is 17.9 Å². The average Bonchev–Trinajstić information content (AvgIpc) is 3.28. The van der Waals surface area contributed by atoms with Gasteiger partial charge in [-0.3, -0.25) is 0 Å². The summed E-state index contributed by atoms with van der Waals surface area (Å²) in [6.45, 7) is 1.95. The maximum Gasteiger partial charge on any atom is 0.337 e. The number of hydrogen-bond donors (Lipinski definition) is 2. The van der Waals surface area contributed by atoms with E-state index in [2.05, 4.69) is 9.46 Å². The van der Waals surface area contributed by atoms with Crippen molar-refractivity contribution in [3.8, 4) is 0 Å². The SMILES string of the molecule is COC(=O)c1ccc(C)c(S(=O)(=O)NC(CN)C2CC2)c1. The maximum atomic E-state index is 12.5. The van der Waals surface area contributed by atoms with Gasteiger partial charge in [-0.15, -0.1) is 0 Å². The molecule has 2 rings (SSSR count). The predicted octanol–water partition coefficient (Wildman–Crippen LogP) is 0.797. The van der Waals surface area contributed by atoms with Gasteiger partial charge in [0.2, 0.25) is 10.0 Å². The molecule has 0 heterocycles. The first-order chi connectivity index (χ1) is 9.89. The van der Waals surface area contributed by atoms with E-state index in [1.165, 1.54) is 13.2 Å². The summed E-state index contributed by atoms with van der Waals surface area (Å²) >= 11 is 0. The van der Waals surface area contributed by atoms with Crippen LogP contribution in [-0.4, -0.2) is 34.1 Å². The lowest BCUT2D eigenvalue weighted by atomic mass is 10.1. The Morgan fingerprint density at radius 3 is 2.67 bits per heavy atom.